The number of carboxylic acid groups (broad SMARTS) is 1. The van der Waals surface area contributed by atoms with Gasteiger partial charge in [0.05, 0.1) is 40.3 Å². The van der Waals surface area contributed by atoms with Crippen molar-refractivity contribution in [3.05, 3.63) is 12.2 Å². The first-order chi connectivity index (χ1) is 26.6. The molecular formula is C47H89NO7. The van der Waals surface area contributed by atoms with Gasteiger partial charge in [-0.3, -0.25) is 9.59 Å². The summed E-state index contributed by atoms with van der Waals surface area (Å²) in [5.74, 6) is -1.74. The average Bonchev–Trinajstić information content (AvgIpc) is 3.14. The van der Waals surface area contributed by atoms with E-state index in [4.69, 9.17) is 14.2 Å². The molecule has 0 aliphatic heterocycles. The highest BCUT2D eigenvalue weighted by atomic mass is 16.6. The summed E-state index contributed by atoms with van der Waals surface area (Å²) >= 11 is 0. The van der Waals surface area contributed by atoms with Gasteiger partial charge >= 0.3 is 11.9 Å². The molecule has 0 aliphatic carbocycles. The Balaban J connectivity index is 4.30. The molecular weight excluding hydrogens is 691 g/mol. The average molecular weight is 780 g/mol. The molecule has 2 unspecified atom stereocenters. The quantitative estimate of drug-likeness (QED) is 0.0263. The Bertz CT molecular complexity index is 915. The first-order valence-electron chi connectivity index (χ1n) is 23.2. The van der Waals surface area contributed by atoms with Gasteiger partial charge in [0.2, 0.25) is 0 Å². The van der Waals surface area contributed by atoms with Crippen LogP contribution in [0, 0.1) is 0 Å². The smallest absolute Gasteiger partial charge is 0.306 e. The van der Waals surface area contributed by atoms with E-state index < -0.39 is 18.1 Å². The second kappa shape index (κ2) is 38.9. The van der Waals surface area contributed by atoms with Crippen molar-refractivity contribution >= 4 is 17.9 Å². The number of aliphatic carboxylic acids is 1. The lowest BCUT2D eigenvalue weighted by molar-refractivity contribution is -0.889. The van der Waals surface area contributed by atoms with Crippen LogP contribution in [0.25, 0.3) is 0 Å². The molecule has 0 aromatic heterocycles. The lowest BCUT2D eigenvalue weighted by atomic mass is 10.0. The zero-order valence-electron chi connectivity index (χ0n) is 36.9. The van der Waals surface area contributed by atoms with Gasteiger partial charge in [0.15, 0.2) is 6.10 Å². The van der Waals surface area contributed by atoms with E-state index in [1.807, 2.05) is 0 Å². The van der Waals surface area contributed by atoms with E-state index in [0.717, 1.165) is 51.4 Å². The van der Waals surface area contributed by atoms with Crippen molar-refractivity contribution in [2.75, 3.05) is 41.0 Å². The molecule has 55 heavy (non-hydrogen) atoms. The van der Waals surface area contributed by atoms with E-state index in [1.54, 1.807) is 21.1 Å². The van der Waals surface area contributed by atoms with Gasteiger partial charge in [0.1, 0.15) is 12.6 Å². The minimum Gasteiger partial charge on any atom is -0.544 e. The highest BCUT2D eigenvalue weighted by Crippen LogP contribution is 2.16. The van der Waals surface area contributed by atoms with Crippen LogP contribution in [0.1, 0.15) is 219 Å². The maximum absolute atomic E-state index is 12.7. The van der Waals surface area contributed by atoms with Crippen molar-refractivity contribution < 1.29 is 38.2 Å². The van der Waals surface area contributed by atoms with E-state index in [2.05, 4.69) is 26.0 Å². The molecule has 0 saturated carbocycles. The Morgan fingerprint density at radius 1 is 0.527 bits per heavy atom. The molecule has 0 N–H and O–H groups in total. The van der Waals surface area contributed by atoms with Gasteiger partial charge in [-0.15, -0.1) is 0 Å². The van der Waals surface area contributed by atoms with Crippen molar-refractivity contribution in [3.8, 4) is 0 Å². The number of hydrogen-bond acceptors (Lipinski definition) is 7. The number of likely N-dealkylation sites (N-methyl/N-ethyl adjacent to an activating group) is 1. The number of carbonyl (C=O) groups excluding carboxylic acids is 3. The van der Waals surface area contributed by atoms with Crippen molar-refractivity contribution in [1.82, 2.24) is 0 Å². The molecule has 0 saturated heterocycles. The Morgan fingerprint density at radius 2 is 0.909 bits per heavy atom. The summed E-state index contributed by atoms with van der Waals surface area (Å²) in [5, 5.41) is 11.6. The number of ether oxygens (including phenoxy) is 3. The minimum atomic E-state index is -1.12. The number of carbonyl (C=O) groups is 3. The molecule has 2 atom stereocenters. The van der Waals surface area contributed by atoms with Crippen LogP contribution in [-0.2, 0) is 28.6 Å². The number of esters is 2. The summed E-state index contributed by atoms with van der Waals surface area (Å²) in [4.78, 5) is 36.9. The normalized spacial score (nSPS) is 13.0. The summed E-state index contributed by atoms with van der Waals surface area (Å²) in [6.45, 7) is 4.67. The SMILES string of the molecule is CCCCCCCCC/C=C/CCCCCC(=O)OCC(COCCC(C(=O)[O-])[N+](C)(C)C)OC(=O)CCCCCCCCCCCCCCCCCCC. The van der Waals surface area contributed by atoms with E-state index in [1.165, 1.54) is 135 Å². The van der Waals surface area contributed by atoms with Gasteiger partial charge in [0.25, 0.3) is 0 Å². The number of allylic oxidation sites excluding steroid dienone is 2. The first-order valence-corrected chi connectivity index (χ1v) is 23.2. The van der Waals surface area contributed by atoms with Crippen LogP contribution >= 0.6 is 0 Å². The van der Waals surface area contributed by atoms with Gasteiger partial charge in [0, 0.05) is 19.3 Å². The Labute approximate surface area is 339 Å². The second-order valence-electron chi connectivity index (χ2n) is 17.0. The van der Waals surface area contributed by atoms with Crippen molar-refractivity contribution in [1.29, 1.82) is 0 Å². The molecule has 8 nitrogen and oxygen atoms in total. The summed E-state index contributed by atoms with van der Waals surface area (Å²) in [6, 6.07) is -0.723. The summed E-state index contributed by atoms with van der Waals surface area (Å²) in [5.41, 5.74) is 0. The molecule has 0 spiro atoms. The maximum Gasteiger partial charge on any atom is 0.306 e. The molecule has 0 aliphatic rings. The molecule has 324 valence electrons. The van der Waals surface area contributed by atoms with Crippen molar-refractivity contribution in [2.24, 2.45) is 0 Å². The van der Waals surface area contributed by atoms with Crippen LogP contribution in [0.15, 0.2) is 12.2 Å². The summed E-state index contributed by atoms with van der Waals surface area (Å²) in [6.07, 6.45) is 40.9. The molecule has 0 fully saturated rings. The number of unbranched alkanes of at least 4 members (excludes halogenated alkanes) is 26. The van der Waals surface area contributed by atoms with Crippen LogP contribution < -0.4 is 5.11 Å². The van der Waals surface area contributed by atoms with Crippen LogP contribution in [0.5, 0.6) is 0 Å². The highest BCUT2D eigenvalue weighted by Gasteiger charge is 2.25. The molecule has 0 amide bonds. The van der Waals surface area contributed by atoms with E-state index in [0.29, 0.717) is 12.8 Å². The number of carboxylic acids is 1. The van der Waals surface area contributed by atoms with Gasteiger partial charge in [-0.25, -0.2) is 0 Å². The van der Waals surface area contributed by atoms with Crippen LogP contribution in [0.2, 0.25) is 0 Å². The molecule has 0 aromatic carbocycles. The van der Waals surface area contributed by atoms with Crippen LogP contribution in [-0.4, -0.2) is 75.5 Å². The third-order valence-electron chi connectivity index (χ3n) is 10.7. The number of hydrogen-bond donors (Lipinski definition) is 0. The van der Waals surface area contributed by atoms with Gasteiger partial charge < -0.3 is 28.6 Å². The van der Waals surface area contributed by atoms with E-state index in [9.17, 15) is 19.5 Å². The predicted octanol–water partition coefficient (Wildman–Crippen LogP) is 11.4. The molecule has 0 heterocycles. The molecule has 8 heteroatoms. The Hall–Kier alpha value is -1.93. The van der Waals surface area contributed by atoms with Crippen molar-refractivity contribution in [2.45, 2.75) is 231 Å². The van der Waals surface area contributed by atoms with Crippen molar-refractivity contribution in [3.63, 3.8) is 0 Å². The zero-order valence-corrected chi connectivity index (χ0v) is 36.9. The standard InChI is InChI=1S/C47H89NO7/c1-6-8-10-12-14-16-18-20-22-23-24-26-28-30-32-34-36-38-46(50)55-43(41-53-40-39-44(47(51)52)48(3,4)5)42-54-45(49)37-35-33-31-29-27-25-21-19-17-15-13-11-9-7-2/h25,27,43-44H,6-24,26,28-42H2,1-5H3/b27-25+. The number of rotatable bonds is 42. The topological polar surface area (TPSA) is 102 Å². The van der Waals surface area contributed by atoms with Crippen LogP contribution in [0.4, 0.5) is 0 Å². The second-order valence-corrected chi connectivity index (χ2v) is 17.0. The van der Waals surface area contributed by atoms with Gasteiger partial charge in [-0.2, -0.15) is 0 Å². The summed E-state index contributed by atoms with van der Waals surface area (Å²) < 4.78 is 17.2. The molecule has 0 bridgehead atoms. The van der Waals surface area contributed by atoms with Crippen LogP contribution in [0.3, 0.4) is 0 Å². The molecule has 0 rings (SSSR count). The number of quaternary nitrogens is 1. The predicted molar refractivity (Wildman–Crippen MR) is 227 cm³/mol. The third-order valence-corrected chi connectivity index (χ3v) is 10.7. The van der Waals surface area contributed by atoms with Gasteiger partial charge in [-0.1, -0.05) is 174 Å². The lowest BCUT2D eigenvalue weighted by Gasteiger charge is -2.34. The molecule has 0 radical (unpaired) electrons. The Morgan fingerprint density at radius 3 is 1.33 bits per heavy atom. The lowest BCUT2D eigenvalue weighted by Crippen LogP contribution is -2.55. The molecule has 0 aromatic rings. The van der Waals surface area contributed by atoms with E-state index in [-0.39, 0.29) is 42.7 Å². The minimum absolute atomic E-state index is 0.0418. The van der Waals surface area contributed by atoms with E-state index >= 15 is 0 Å². The fourth-order valence-corrected chi connectivity index (χ4v) is 7.01. The largest absolute Gasteiger partial charge is 0.544 e. The highest BCUT2D eigenvalue weighted by molar-refractivity contribution is 5.70. The maximum atomic E-state index is 12.7. The van der Waals surface area contributed by atoms with Gasteiger partial charge in [-0.05, 0) is 38.5 Å². The summed E-state index contributed by atoms with van der Waals surface area (Å²) in [7, 11) is 5.41. The zero-order chi connectivity index (χ0) is 40.7. The first kappa shape index (κ1) is 53.1. The number of nitrogens with zero attached hydrogens (tertiary/aromatic N) is 1. The Kier molecular flexibility index (Phi) is 37.6. The fraction of sp³-hybridized carbons (Fsp3) is 0.894. The monoisotopic (exact) mass is 780 g/mol. The fourth-order valence-electron chi connectivity index (χ4n) is 7.01. The third kappa shape index (κ3) is 37.4.